The second kappa shape index (κ2) is 5.92. The molecule has 0 aliphatic rings. The van der Waals surface area contributed by atoms with Crippen LogP contribution in [0.5, 0.6) is 0 Å². The van der Waals surface area contributed by atoms with Crippen molar-refractivity contribution in [1.29, 1.82) is 0 Å². The Balaban J connectivity index is 2.17. The molecule has 0 radical (unpaired) electrons. The van der Waals surface area contributed by atoms with Crippen LogP contribution in [0.1, 0.15) is 0 Å². The van der Waals surface area contributed by atoms with E-state index in [1.165, 1.54) is 0 Å². The molecule has 2 rings (SSSR count). The summed E-state index contributed by atoms with van der Waals surface area (Å²) in [6.45, 7) is 0.550. The van der Waals surface area contributed by atoms with Gasteiger partial charge < -0.3 is 16.4 Å². The van der Waals surface area contributed by atoms with Gasteiger partial charge in [0.1, 0.15) is 0 Å². The number of nitrogens with two attached hydrogens (primary N) is 1. The number of carbonyl (C=O) groups is 2. The quantitative estimate of drug-likeness (QED) is 0.687. The topological polar surface area (TPSA) is 97.1 Å². The van der Waals surface area contributed by atoms with Crippen LogP contribution in [0, 0.1) is 0 Å². The van der Waals surface area contributed by atoms with Crippen molar-refractivity contribution < 1.29 is 9.59 Å². The van der Waals surface area contributed by atoms with Gasteiger partial charge in [-0.2, -0.15) is 0 Å². The monoisotopic (exact) mass is 258 g/mol. The van der Waals surface area contributed by atoms with Crippen molar-refractivity contribution in [2.75, 3.05) is 18.4 Å². The maximum absolute atomic E-state index is 11.7. The molecule has 0 spiro atoms. The normalized spacial score (nSPS) is 10.2. The molecule has 98 valence electrons. The van der Waals surface area contributed by atoms with Crippen molar-refractivity contribution in [1.82, 2.24) is 10.3 Å². The minimum atomic E-state index is -0.730. The fourth-order valence-electron chi connectivity index (χ4n) is 1.65. The first-order valence-electron chi connectivity index (χ1n) is 5.85. The van der Waals surface area contributed by atoms with Gasteiger partial charge in [-0.1, -0.05) is 18.2 Å². The van der Waals surface area contributed by atoms with Crippen LogP contribution in [0.4, 0.5) is 5.69 Å². The van der Waals surface area contributed by atoms with E-state index >= 15 is 0 Å². The molecule has 1 heterocycles. The van der Waals surface area contributed by atoms with Gasteiger partial charge in [0.25, 0.3) is 0 Å². The number of hydrogen-bond acceptors (Lipinski definition) is 4. The highest BCUT2D eigenvalue weighted by Crippen LogP contribution is 2.20. The molecule has 19 heavy (non-hydrogen) atoms. The van der Waals surface area contributed by atoms with Crippen molar-refractivity contribution in [3.63, 3.8) is 0 Å². The van der Waals surface area contributed by atoms with Gasteiger partial charge >= 0.3 is 11.8 Å². The molecule has 2 amide bonds. The van der Waals surface area contributed by atoms with Crippen LogP contribution in [0.3, 0.4) is 0 Å². The Morgan fingerprint density at radius 3 is 2.74 bits per heavy atom. The summed E-state index contributed by atoms with van der Waals surface area (Å²) in [6, 6.07) is 9.06. The molecule has 6 nitrogen and oxygen atoms in total. The molecule has 2 aromatic rings. The molecule has 0 aliphatic heterocycles. The van der Waals surface area contributed by atoms with Crippen molar-refractivity contribution in [3.05, 3.63) is 36.5 Å². The van der Waals surface area contributed by atoms with Crippen LogP contribution in [0.2, 0.25) is 0 Å². The summed E-state index contributed by atoms with van der Waals surface area (Å²) in [7, 11) is 0. The average Bonchev–Trinajstić information content (AvgIpc) is 2.45. The first-order chi connectivity index (χ1) is 9.22. The molecule has 0 saturated carbocycles. The molecule has 0 saturated heterocycles. The Labute approximate surface area is 110 Å². The number of pyridine rings is 1. The Morgan fingerprint density at radius 2 is 1.95 bits per heavy atom. The highest BCUT2D eigenvalue weighted by molar-refractivity contribution is 6.40. The fraction of sp³-hybridized carbons (Fsp3) is 0.154. The van der Waals surface area contributed by atoms with Crippen molar-refractivity contribution in [2.24, 2.45) is 5.73 Å². The Hall–Kier alpha value is -2.47. The van der Waals surface area contributed by atoms with Crippen LogP contribution >= 0.6 is 0 Å². The largest absolute Gasteiger partial charge is 0.347 e. The summed E-state index contributed by atoms with van der Waals surface area (Å²) in [5.74, 6) is -1.44. The molecule has 4 N–H and O–H groups in total. The van der Waals surface area contributed by atoms with Crippen molar-refractivity contribution >= 4 is 28.4 Å². The highest BCUT2D eigenvalue weighted by Gasteiger charge is 2.14. The molecule has 0 unspecified atom stereocenters. The van der Waals surface area contributed by atoms with E-state index < -0.39 is 11.8 Å². The number of hydrogen-bond donors (Lipinski definition) is 3. The molecule has 0 aliphatic carbocycles. The zero-order chi connectivity index (χ0) is 13.7. The summed E-state index contributed by atoms with van der Waals surface area (Å²) in [4.78, 5) is 27.3. The molecule has 1 aromatic heterocycles. The first-order valence-corrected chi connectivity index (χ1v) is 5.85. The molecular formula is C13H14N4O2. The third-order valence-electron chi connectivity index (χ3n) is 2.52. The smallest absolute Gasteiger partial charge is 0.313 e. The first kappa shape index (κ1) is 13.0. The molecule has 0 bridgehead atoms. The standard InChI is InChI=1S/C13H14N4O2/c14-6-8-16-12(18)13(19)17-10-5-1-3-9-4-2-7-15-11(9)10/h1-5,7H,6,8,14H2,(H,16,18)(H,17,19). The van der Waals surface area contributed by atoms with Gasteiger partial charge in [-0.05, 0) is 12.1 Å². The second-order valence-corrected chi connectivity index (χ2v) is 3.88. The lowest BCUT2D eigenvalue weighted by molar-refractivity contribution is -0.136. The van der Waals surface area contributed by atoms with Gasteiger partial charge in [-0.25, -0.2) is 0 Å². The van der Waals surface area contributed by atoms with Gasteiger partial charge in [0.15, 0.2) is 0 Å². The summed E-state index contributed by atoms with van der Waals surface area (Å²) < 4.78 is 0. The SMILES string of the molecule is NCCNC(=O)C(=O)Nc1cccc2cccnc12. The molecule has 6 heteroatoms. The predicted molar refractivity (Wildman–Crippen MR) is 72.4 cm³/mol. The van der Waals surface area contributed by atoms with E-state index in [9.17, 15) is 9.59 Å². The van der Waals surface area contributed by atoms with E-state index in [-0.39, 0.29) is 13.1 Å². The van der Waals surface area contributed by atoms with Crippen LogP contribution in [-0.4, -0.2) is 29.9 Å². The van der Waals surface area contributed by atoms with Crippen molar-refractivity contribution in [2.45, 2.75) is 0 Å². The lowest BCUT2D eigenvalue weighted by Gasteiger charge is -2.07. The Morgan fingerprint density at radius 1 is 1.16 bits per heavy atom. The fourth-order valence-corrected chi connectivity index (χ4v) is 1.65. The molecular weight excluding hydrogens is 244 g/mol. The lowest BCUT2D eigenvalue weighted by atomic mass is 10.2. The minimum Gasteiger partial charge on any atom is -0.347 e. The molecule has 1 aromatic carbocycles. The van der Waals surface area contributed by atoms with E-state index in [4.69, 9.17) is 5.73 Å². The number of nitrogens with one attached hydrogen (secondary N) is 2. The Kier molecular flexibility index (Phi) is 4.04. The third kappa shape index (κ3) is 3.05. The maximum atomic E-state index is 11.7. The summed E-state index contributed by atoms with van der Waals surface area (Å²) in [5, 5.41) is 5.83. The van der Waals surface area contributed by atoms with Gasteiger partial charge in [0, 0.05) is 24.7 Å². The summed E-state index contributed by atoms with van der Waals surface area (Å²) in [5.41, 5.74) is 6.40. The maximum Gasteiger partial charge on any atom is 0.313 e. The highest BCUT2D eigenvalue weighted by atomic mass is 16.2. The van der Waals surface area contributed by atoms with E-state index in [0.717, 1.165) is 5.39 Å². The average molecular weight is 258 g/mol. The van der Waals surface area contributed by atoms with Gasteiger partial charge in [0.05, 0.1) is 11.2 Å². The van der Waals surface area contributed by atoms with Gasteiger partial charge in [-0.3, -0.25) is 14.6 Å². The van der Waals surface area contributed by atoms with E-state index in [2.05, 4.69) is 15.6 Å². The number of fused-ring (bicyclic) bond motifs is 1. The zero-order valence-electron chi connectivity index (χ0n) is 10.2. The second-order valence-electron chi connectivity index (χ2n) is 3.88. The van der Waals surface area contributed by atoms with Crippen LogP contribution < -0.4 is 16.4 Å². The number of benzene rings is 1. The van der Waals surface area contributed by atoms with Crippen LogP contribution in [0.25, 0.3) is 10.9 Å². The van der Waals surface area contributed by atoms with E-state index in [1.807, 2.05) is 18.2 Å². The van der Waals surface area contributed by atoms with E-state index in [0.29, 0.717) is 11.2 Å². The number of para-hydroxylation sites is 1. The molecule has 0 fully saturated rings. The minimum absolute atomic E-state index is 0.264. The number of anilines is 1. The zero-order valence-corrected chi connectivity index (χ0v) is 10.2. The van der Waals surface area contributed by atoms with Crippen molar-refractivity contribution in [3.8, 4) is 0 Å². The van der Waals surface area contributed by atoms with Crippen LogP contribution in [0.15, 0.2) is 36.5 Å². The van der Waals surface area contributed by atoms with Gasteiger partial charge in [-0.15, -0.1) is 0 Å². The number of nitrogens with zero attached hydrogens (tertiary/aromatic N) is 1. The third-order valence-corrected chi connectivity index (χ3v) is 2.52. The Bertz CT molecular complexity index is 607. The molecule has 0 atom stereocenters. The summed E-state index contributed by atoms with van der Waals surface area (Å²) in [6.07, 6.45) is 1.63. The number of aromatic nitrogens is 1. The number of amides is 2. The number of carbonyl (C=O) groups excluding carboxylic acids is 2. The summed E-state index contributed by atoms with van der Waals surface area (Å²) >= 11 is 0. The number of rotatable bonds is 3. The van der Waals surface area contributed by atoms with Gasteiger partial charge in [0.2, 0.25) is 0 Å². The van der Waals surface area contributed by atoms with E-state index in [1.54, 1.807) is 18.3 Å². The van der Waals surface area contributed by atoms with Crippen LogP contribution in [-0.2, 0) is 9.59 Å². The predicted octanol–water partition coefficient (Wildman–Crippen LogP) is 0.248. The lowest BCUT2D eigenvalue weighted by Crippen LogP contribution is -2.38.